The van der Waals surface area contributed by atoms with Gasteiger partial charge in [-0.2, -0.15) is 4.31 Å². The van der Waals surface area contributed by atoms with Crippen LogP contribution in [0.5, 0.6) is 0 Å². The molecule has 1 fully saturated rings. The molecule has 0 amide bonds. The van der Waals surface area contributed by atoms with Crippen molar-refractivity contribution in [3.8, 4) is 0 Å². The molecule has 1 atom stereocenters. The second-order valence-electron chi connectivity index (χ2n) is 5.47. The number of rotatable bonds is 3. The average Bonchev–Trinajstić information content (AvgIpc) is 2.81. The first-order valence-electron chi connectivity index (χ1n) is 6.73. The second-order valence-corrected chi connectivity index (χ2v) is 7.40. The minimum Gasteiger partial charge on any atom is -0.478 e. The fourth-order valence-corrected chi connectivity index (χ4v) is 4.00. The number of benzene rings is 1. The lowest BCUT2D eigenvalue weighted by Crippen LogP contribution is -2.28. The SMILES string of the molecule is C/C(C(=O)O)=C1\CN(S(=O)(=O)c2ccc(C)cc2)C[C@@H]1C. The van der Waals surface area contributed by atoms with E-state index in [0.717, 1.165) is 5.56 Å². The summed E-state index contributed by atoms with van der Waals surface area (Å²) < 4.78 is 26.5. The van der Waals surface area contributed by atoms with Crippen molar-refractivity contribution in [2.24, 2.45) is 5.92 Å². The molecule has 114 valence electrons. The van der Waals surface area contributed by atoms with Crippen molar-refractivity contribution in [2.45, 2.75) is 25.7 Å². The van der Waals surface area contributed by atoms with Gasteiger partial charge in [-0.25, -0.2) is 13.2 Å². The molecular formula is C15H19NO4S. The molecule has 0 aliphatic carbocycles. The second kappa shape index (κ2) is 5.61. The zero-order valence-corrected chi connectivity index (χ0v) is 13.1. The Bertz CT molecular complexity index is 689. The highest BCUT2D eigenvalue weighted by molar-refractivity contribution is 7.89. The van der Waals surface area contributed by atoms with Crippen LogP contribution in [0, 0.1) is 12.8 Å². The van der Waals surface area contributed by atoms with Crippen molar-refractivity contribution < 1.29 is 18.3 Å². The third-order valence-electron chi connectivity index (χ3n) is 3.88. The first-order chi connectivity index (χ1) is 9.73. The molecule has 1 aromatic rings. The van der Waals surface area contributed by atoms with Crippen molar-refractivity contribution in [2.75, 3.05) is 13.1 Å². The van der Waals surface area contributed by atoms with Crippen LogP contribution in [-0.4, -0.2) is 36.9 Å². The molecular weight excluding hydrogens is 290 g/mol. The predicted octanol–water partition coefficient (Wildman–Crippen LogP) is 2.04. The van der Waals surface area contributed by atoms with Gasteiger partial charge in [0.2, 0.25) is 10.0 Å². The van der Waals surface area contributed by atoms with E-state index in [0.29, 0.717) is 12.1 Å². The van der Waals surface area contributed by atoms with E-state index in [2.05, 4.69) is 0 Å². The summed E-state index contributed by atoms with van der Waals surface area (Å²) in [6.07, 6.45) is 0. The van der Waals surface area contributed by atoms with E-state index < -0.39 is 16.0 Å². The standard InChI is InChI=1S/C15H19NO4S/c1-10-4-6-13(7-5-10)21(19,20)16-8-11(2)14(9-16)12(3)15(17)18/h4-7,11H,8-9H2,1-3H3,(H,17,18)/b14-12-/t11-/m0/s1. The third-order valence-corrected chi connectivity index (χ3v) is 5.71. The zero-order chi connectivity index (χ0) is 15.8. The Morgan fingerprint density at radius 1 is 1.29 bits per heavy atom. The summed E-state index contributed by atoms with van der Waals surface area (Å²) in [6, 6.07) is 6.68. The molecule has 0 radical (unpaired) electrons. The number of hydrogen-bond acceptors (Lipinski definition) is 3. The largest absolute Gasteiger partial charge is 0.478 e. The van der Waals surface area contributed by atoms with Gasteiger partial charge < -0.3 is 5.11 Å². The molecule has 1 aromatic carbocycles. The first-order valence-corrected chi connectivity index (χ1v) is 8.17. The van der Waals surface area contributed by atoms with Crippen LogP contribution in [0.1, 0.15) is 19.4 Å². The summed E-state index contributed by atoms with van der Waals surface area (Å²) in [5, 5.41) is 9.07. The topological polar surface area (TPSA) is 74.7 Å². The van der Waals surface area contributed by atoms with Crippen molar-refractivity contribution >= 4 is 16.0 Å². The molecule has 0 bridgehead atoms. The van der Waals surface area contributed by atoms with Crippen LogP contribution in [0.15, 0.2) is 40.3 Å². The summed E-state index contributed by atoms with van der Waals surface area (Å²) in [5.74, 6) is -1.08. The lowest BCUT2D eigenvalue weighted by Gasteiger charge is -2.15. The van der Waals surface area contributed by atoms with Crippen LogP contribution < -0.4 is 0 Å². The molecule has 5 nitrogen and oxygen atoms in total. The number of hydrogen-bond donors (Lipinski definition) is 1. The van der Waals surface area contributed by atoms with Crippen LogP contribution in [-0.2, 0) is 14.8 Å². The maximum Gasteiger partial charge on any atom is 0.331 e. The van der Waals surface area contributed by atoms with E-state index in [-0.39, 0.29) is 22.9 Å². The summed E-state index contributed by atoms with van der Waals surface area (Å²) in [5.41, 5.74) is 1.91. The smallest absolute Gasteiger partial charge is 0.331 e. The summed E-state index contributed by atoms with van der Waals surface area (Å²) >= 11 is 0. The highest BCUT2D eigenvalue weighted by Crippen LogP contribution is 2.30. The molecule has 2 rings (SSSR count). The molecule has 0 saturated carbocycles. The summed E-state index contributed by atoms with van der Waals surface area (Å²) in [7, 11) is -3.57. The van der Waals surface area contributed by atoms with Crippen LogP contribution in [0.2, 0.25) is 0 Å². The summed E-state index contributed by atoms with van der Waals surface area (Å²) in [6.45, 7) is 5.74. The van der Waals surface area contributed by atoms with E-state index in [1.165, 1.54) is 11.2 Å². The van der Waals surface area contributed by atoms with Gasteiger partial charge in [0.05, 0.1) is 4.90 Å². The van der Waals surface area contributed by atoms with Crippen molar-refractivity contribution in [3.05, 3.63) is 41.0 Å². The minimum absolute atomic E-state index is 0.0821. The maximum absolute atomic E-state index is 12.6. The Balaban J connectivity index is 2.34. The fourth-order valence-electron chi connectivity index (χ4n) is 2.49. The predicted molar refractivity (Wildman–Crippen MR) is 79.4 cm³/mol. The van der Waals surface area contributed by atoms with Crippen molar-refractivity contribution in [1.82, 2.24) is 4.31 Å². The van der Waals surface area contributed by atoms with Crippen molar-refractivity contribution in [3.63, 3.8) is 0 Å². The average molecular weight is 309 g/mol. The van der Waals surface area contributed by atoms with Crippen LogP contribution in [0.4, 0.5) is 0 Å². The molecule has 6 heteroatoms. The monoisotopic (exact) mass is 309 g/mol. The van der Waals surface area contributed by atoms with E-state index in [1.54, 1.807) is 24.3 Å². The molecule has 0 unspecified atom stereocenters. The van der Waals surface area contributed by atoms with Gasteiger partial charge >= 0.3 is 5.97 Å². The van der Waals surface area contributed by atoms with E-state index in [1.807, 2.05) is 13.8 Å². The van der Waals surface area contributed by atoms with Crippen molar-refractivity contribution in [1.29, 1.82) is 0 Å². The molecule has 1 N–H and O–H groups in total. The number of nitrogens with zero attached hydrogens (tertiary/aromatic N) is 1. The van der Waals surface area contributed by atoms with Crippen LogP contribution >= 0.6 is 0 Å². The van der Waals surface area contributed by atoms with Gasteiger partial charge in [-0.1, -0.05) is 24.6 Å². The minimum atomic E-state index is -3.57. The summed E-state index contributed by atoms with van der Waals surface area (Å²) in [4.78, 5) is 11.3. The van der Waals surface area contributed by atoms with Gasteiger partial charge in [-0.15, -0.1) is 0 Å². The number of carboxylic acid groups (broad SMARTS) is 1. The highest BCUT2D eigenvalue weighted by atomic mass is 32.2. The molecule has 1 aliphatic rings. The van der Waals surface area contributed by atoms with E-state index >= 15 is 0 Å². The molecule has 0 aromatic heterocycles. The lowest BCUT2D eigenvalue weighted by atomic mass is 10.0. The Labute approximate surface area is 124 Å². The number of carboxylic acids is 1. The molecule has 21 heavy (non-hydrogen) atoms. The Morgan fingerprint density at radius 2 is 1.86 bits per heavy atom. The van der Waals surface area contributed by atoms with Crippen LogP contribution in [0.3, 0.4) is 0 Å². The number of carbonyl (C=O) groups is 1. The Kier molecular flexibility index (Phi) is 4.20. The molecule has 1 saturated heterocycles. The Morgan fingerprint density at radius 3 is 2.38 bits per heavy atom. The number of aliphatic carboxylic acids is 1. The molecule has 0 spiro atoms. The van der Waals surface area contributed by atoms with Gasteiger partial charge in [0.25, 0.3) is 0 Å². The third kappa shape index (κ3) is 3.01. The highest BCUT2D eigenvalue weighted by Gasteiger charge is 2.35. The lowest BCUT2D eigenvalue weighted by molar-refractivity contribution is -0.132. The van der Waals surface area contributed by atoms with Gasteiger partial charge in [0.15, 0.2) is 0 Å². The quantitative estimate of drug-likeness (QED) is 0.867. The van der Waals surface area contributed by atoms with Crippen LogP contribution in [0.25, 0.3) is 0 Å². The number of aryl methyl sites for hydroxylation is 1. The normalized spacial score (nSPS) is 22.3. The maximum atomic E-state index is 12.6. The van der Waals surface area contributed by atoms with Gasteiger partial charge in [0, 0.05) is 18.7 Å². The van der Waals surface area contributed by atoms with Gasteiger partial charge in [0.1, 0.15) is 0 Å². The number of sulfonamides is 1. The van der Waals surface area contributed by atoms with Gasteiger partial charge in [-0.05, 0) is 37.5 Å². The Hall–Kier alpha value is -1.66. The van der Waals surface area contributed by atoms with Gasteiger partial charge in [-0.3, -0.25) is 0 Å². The van der Waals surface area contributed by atoms with E-state index in [4.69, 9.17) is 5.11 Å². The first kappa shape index (κ1) is 15.7. The van der Waals surface area contributed by atoms with E-state index in [9.17, 15) is 13.2 Å². The molecule has 1 aliphatic heterocycles. The molecule has 1 heterocycles. The fraction of sp³-hybridized carbons (Fsp3) is 0.400. The zero-order valence-electron chi connectivity index (χ0n) is 12.3.